The van der Waals surface area contributed by atoms with Crippen molar-refractivity contribution in [3.8, 4) is 0 Å². The second-order valence-electron chi connectivity index (χ2n) is 4.72. The fourth-order valence-corrected chi connectivity index (χ4v) is 1.67. The van der Waals surface area contributed by atoms with Crippen LogP contribution in [0.2, 0.25) is 0 Å². The molecule has 1 rings (SSSR count). The summed E-state index contributed by atoms with van der Waals surface area (Å²) < 4.78 is 26.4. The quantitative estimate of drug-likeness (QED) is 0.773. The molecular weight excluding hydrogens is 252 g/mol. The highest BCUT2D eigenvalue weighted by atomic mass is 19.2. The number of hydrogen-bond donors (Lipinski definition) is 1. The number of benzene rings is 1. The third kappa shape index (κ3) is 5.04. The van der Waals surface area contributed by atoms with Crippen LogP contribution in [-0.4, -0.2) is 42.0 Å². The van der Waals surface area contributed by atoms with Gasteiger partial charge in [0, 0.05) is 19.5 Å². The Morgan fingerprint density at radius 2 is 2.05 bits per heavy atom. The minimum atomic E-state index is -1.08. The van der Waals surface area contributed by atoms with Crippen LogP contribution in [0.15, 0.2) is 18.2 Å². The Bertz CT molecular complexity index is 435. The lowest BCUT2D eigenvalue weighted by atomic mass is 10.1. The van der Waals surface area contributed by atoms with Gasteiger partial charge in [-0.05, 0) is 32.5 Å². The monoisotopic (exact) mass is 271 g/mol. The van der Waals surface area contributed by atoms with Crippen molar-refractivity contribution < 1.29 is 18.7 Å². The summed E-state index contributed by atoms with van der Waals surface area (Å²) >= 11 is 0. The van der Waals surface area contributed by atoms with E-state index in [2.05, 4.69) is 0 Å². The lowest BCUT2D eigenvalue weighted by Gasteiger charge is -2.16. The van der Waals surface area contributed by atoms with Crippen LogP contribution in [0, 0.1) is 11.6 Å². The van der Waals surface area contributed by atoms with E-state index in [1.165, 1.54) is 12.1 Å². The number of nitrogens with zero attached hydrogens (tertiary/aromatic N) is 1. The van der Waals surface area contributed by atoms with Gasteiger partial charge >= 0.3 is 0 Å². The lowest BCUT2D eigenvalue weighted by Crippen LogP contribution is -2.25. The maximum absolute atomic E-state index is 13.4. The van der Waals surface area contributed by atoms with Crippen molar-refractivity contribution in [1.82, 2.24) is 4.90 Å². The van der Waals surface area contributed by atoms with Gasteiger partial charge in [0.1, 0.15) is 0 Å². The van der Waals surface area contributed by atoms with E-state index in [4.69, 9.17) is 5.11 Å². The highest BCUT2D eigenvalue weighted by Gasteiger charge is 2.15. The van der Waals surface area contributed by atoms with Crippen LogP contribution in [-0.2, 0) is 0 Å². The molecule has 0 saturated heterocycles. The molecule has 19 heavy (non-hydrogen) atoms. The van der Waals surface area contributed by atoms with E-state index >= 15 is 0 Å². The van der Waals surface area contributed by atoms with Crippen molar-refractivity contribution in [3.63, 3.8) is 0 Å². The smallest absolute Gasteiger partial charge is 0.169 e. The summed E-state index contributed by atoms with van der Waals surface area (Å²) in [6.45, 7) is 2.79. The van der Waals surface area contributed by atoms with Gasteiger partial charge in [0.25, 0.3) is 0 Å². The van der Waals surface area contributed by atoms with E-state index < -0.39 is 17.4 Å². The molecule has 1 aromatic carbocycles. The molecule has 1 atom stereocenters. The Labute approximate surface area is 111 Å². The Morgan fingerprint density at radius 3 is 2.68 bits per heavy atom. The van der Waals surface area contributed by atoms with Crippen LogP contribution in [0.1, 0.15) is 30.1 Å². The van der Waals surface area contributed by atoms with E-state index in [1.807, 2.05) is 11.9 Å². The van der Waals surface area contributed by atoms with Crippen LogP contribution < -0.4 is 0 Å². The largest absolute Gasteiger partial charge is 0.393 e. The number of carbonyl (C=O) groups is 1. The standard InChI is InChI=1S/C14H19F2NO2/c1-10(18)6-8-17(2)9-7-13(19)11-4-3-5-12(15)14(11)16/h3-5,10,18H,6-9H2,1-2H3. The molecule has 5 heteroatoms. The van der Waals surface area contributed by atoms with Gasteiger partial charge in [0.2, 0.25) is 0 Å². The maximum Gasteiger partial charge on any atom is 0.169 e. The van der Waals surface area contributed by atoms with Crippen molar-refractivity contribution in [1.29, 1.82) is 0 Å². The first-order valence-corrected chi connectivity index (χ1v) is 6.25. The zero-order chi connectivity index (χ0) is 14.4. The average Bonchev–Trinajstić information content (AvgIpc) is 2.36. The van der Waals surface area contributed by atoms with Gasteiger partial charge in [-0.3, -0.25) is 4.79 Å². The third-order valence-corrected chi connectivity index (χ3v) is 2.90. The van der Waals surface area contributed by atoms with E-state index in [9.17, 15) is 13.6 Å². The number of rotatable bonds is 7. The first kappa shape index (κ1) is 15.7. The van der Waals surface area contributed by atoms with Gasteiger partial charge in [-0.25, -0.2) is 8.78 Å². The molecule has 0 fully saturated rings. The highest BCUT2D eigenvalue weighted by Crippen LogP contribution is 2.13. The molecule has 0 radical (unpaired) electrons. The Kier molecular flexibility index (Phi) is 6.05. The SMILES string of the molecule is CC(O)CCN(C)CCC(=O)c1cccc(F)c1F. The summed E-state index contributed by atoms with van der Waals surface area (Å²) in [4.78, 5) is 13.7. The van der Waals surface area contributed by atoms with Gasteiger partial charge in [0.15, 0.2) is 17.4 Å². The van der Waals surface area contributed by atoms with Crippen LogP contribution in [0.25, 0.3) is 0 Å². The molecule has 1 N–H and O–H groups in total. The second-order valence-corrected chi connectivity index (χ2v) is 4.72. The fourth-order valence-electron chi connectivity index (χ4n) is 1.67. The van der Waals surface area contributed by atoms with Gasteiger partial charge in [-0.1, -0.05) is 6.07 Å². The molecule has 0 saturated carbocycles. The van der Waals surface area contributed by atoms with Crippen molar-refractivity contribution in [2.24, 2.45) is 0 Å². The first-order chi connectivity index (χ1) is 8.91. The topological polar surface area (TPSA) is 40.5 Å². The van der Waals surface area contributed by atoms with Crippen molar-refractivity contribution in [2.75, 3.05) is 20.1 Å². The van der Waals surface area contributed by atoms with E-state index in [0.717, 1.165) is 6.07 Å². The summed E-state index contributed by atoms with van der Waals surface area (Å²) in [7, 11) is 1.82. The Morgan fingerprint density at radius 1 is 1.37 bits per heavy atom. The van der Waals surface area contributed by atoms with E-state index in [0.29, 0.717) is 19.5 Å². The van der Waals surface area contributed by atoms with Gasteiger partial charge in [0.05, 0.1) is 11.7 Å². The average molecular weight is 271 g/mol. The minimum absolute atomic E-state index is 0.122. The van der Waals surface area contributed by atoms with Gasteiger partial charge in [-0.2, -0.15) is 0 Å². The van der Waals surface area contributed by atoms with E-state index in [-0.39, 0.29) is 18.1 Å². The van der Waals surface area contributed by atoms with Crippen molar-refractivity contribution >= 4 is 5.78 Å². The van der Waals surface area contributed by atoms with Crippen LogP contribution in [0.5, 0.6) is 0 Å². The zero-order valence-electron chi connectivity index (χ0n) is 11.2. The predicted molar refractivity (Wildman–Crippen MR) is 69.1 cm³/mol. The fraction of sp³-hybridized carbons (Fsp3) is 0.500. The van der Waals surface area contributed by atoms with Crippen molar-refractivity contribution in [2.45, 2.75) is 25.9 Å². The molecule has 0 heterocycles. The number of Topliss-reactive ketones (excluding diaryl/α,β-unsaturated/α-hetero) is 1. The van der Waals surface area contributed by atoms with E-state index in [1.54, 1.807) is 6.92 Å². The molecule has 0 aliphatic heterocycles. The summed E-state index contributed by atoms with van der Waals surface area (Å²) in [5.41, 5.74) is -0.205. The molecule has 3 nitrogen and oxygen atoms in total. The van der Waals surface area contributed by atoms with Crippen molar-refractivity contribution in [3.05, 3.63) is 35.4 Å². The maximum atomic E-state index is 13.4. The number of halogens is 2. The minimum Gasteiger partial charge on any atom is -0.393 e. The van der Waals surface area contributed by atoms with Crippen LogP contribution in [0.4, 0.5) is 8.78 Å². The zero-order valence-corrected chi connectivity index (χ0v) is 11.2. The molecule has 106 valence electrons. The molecule has 0 aromatic heterocycles. The Hall–Kier alpha value is -1.33. The lowest BCUT2D eigenvalue weighted by molar-refractivity contribution is 0.0960. The van der Waals surface area contributed by atoms with Gasteiger partial charge < -0.3 is 10.0 Å². The summed E-state index contributed by atoms with van der Waals surface area (Å²) in [6, 6.07) is 3.60. The molecule has 0 amide bonds. The molecule has 0 bridgehead atoms. The van der Waals surface area contributed by atoms with Crippen LogP contribution in [0.3, 0.4) is 0 Å². The highest BCUT2D eigenvalue weighted by molar-refractivity contribution is 5.96. The number of carbonyl (C=O) groups excluding carboxylic acids is 1. The molecule has 0 aliphatic rings. The number of aliphatic hydroxyl groups excluding tert-OH is 1. The third-order valence-electron chi connectivity index (χ3n) is 2.90. The molecule has 1 aromatic rings. The number of ketones is 1. The summed E-state index contributed by atoms with van der Waals surface area (Å²) in [5, 5.41) is 9.14. The number of hydrogen-bond acceptors (Lipinski definition) is 3. The first-order valence-electron chi connectivity index (χ1n) is 6.25. The predicted octanol–water partition coefficient (Wildman–Crippen LogP) is 2.24. The molecule has 0 aliphatic carbocycles. The molecule has 0 spiro atoms. The molecular formula is C14H19F2NO2. The van der Waals surface area contributed by atoms with Crippen LogP contribution >= 0.6 is 0 Å². The Balaban J connectivity index is 2.49. The summed E-state index contributed by atoms with van der Waals surface area (Å²) in [5.74, 6) is -2.51. The second kappa shape index (κ2) is 7.31. The summed E-state index contributed by atoms with van der Waals surface area (Å²) in [6.07, 6.45) is 0.342. The molecule has 1 unspecified atom stereocenters. The van der Waals surface area contributed by atoms with Gasteiger partial charge in [-0.15, -0.1) is 0 Å². The number of aliphatic hydroxyl groups is 1. The normalized spacial score (nSPS) is 12.7.